The lowest BCUT2D eigenvalue weighted by Gasteiger charge is -2.11. The van der Waals surface area contributed by atoms with Crippen molar-refractivity contribution in [2.24, 2.45) is 5.73 Å². The van der Waals surface area contributed by atoms with Crippen molar-refractivity contribution in [1.82, 2.24) is 4.72 Å². The van der Waals surface area contributed by atoms with E-state index in [4.69, 9.17) is 17.3 Å². The maximum Gasteiger partial charge on any atom is 0.411 e. The third kappa shape index (κ3) is 6.18. The van der Waals surface area contributed by atoms with Gasteiger partial charge in [-0.15, -0.1) is 0 Å². The first kappa shape index (κ1) is 18.2. The van der Waals surface area contributed by atoms with Crippen LogP contribution in [0, 0.1) is 0 Å². The molecule has 0 fully saturated rings. The van der Waals surface area contributed by atoms with Crippen LogP contribution in [0.25, 0.3) is 0 Å². The van der Waals surface area contributed by atoms with Crippen LogP contribution in [0.4, 0.5) is 13.2 Å². The molecule has 0 aromatic heterocycles. The fourth-order valence-corrected chi connectivity index (χ4v) is 2.96. The van der Waals surface area contributed by atoms with Gasteiger partial charge in [0.15, 0.2) is 0 Å². The molecule has 5 nitrogen and oxygen atoms in total. The minimum Gasteiger partial charge on any atom is -0.371 e. The van der Waals surface area contributed by atoms with Gasteiger partial charge in [0.05, 0.1) is 11.6 Å². The van der Waals surface area contributed by atoms with Gasteiger partial charge in [-0.05, 0) is 17.7 Å². The zero-order valence-electron chi connectivity index (χ0n) is 10.8. The normalized spacial score (nSPS) is 12.6. The van der Waals surface area contributed by atoms with Gasteiger partial charge in [0, 0.05) is 13.1 Å². The lowest BCUT2D eigenvalue weighted by atomic mass is 10.2. The molecule has 1 aromatic rings. The van der Waals surface area contributed by atoms with E-state index in [1.807, 2.05) is 0 Å². The summed E-state index contributed by atoms with van der Waals surface area (Å²) in [5, 5.41) is -0.00379. The maximum absolute atomic E-state index is 12.0. The van der Waals surface area contributed by atoms with Crippen molar-refractivity contribution < 1.29 is 26.3 Å². The standard InChI is InChI=1S/C11H14ClF3N2O3S/c12-9-2-1-8(6-16)5-10(9)21(18,19)17-3-4-20-7-11(13,14)15/h1-2,5,17H,3-4,6-7,16H2. The molecule has 0 saturated carbocycles. The zero-order valence-corrected chi connectivity index (χ0v) is 12.4. The van der Waals surface area contributed by atoms with Crippen LogP contribution in [0.15, 0.2) is 23.1 Å². The Hall–Kier alpha value is -0.870. The smallest absolute Gasteiger partial charge is 0.371 e. The molecule has 0 amide bonds. The van der Waals surface area contributed by atoms with Crippen molar-refractivity contribution in [3.63, 3.8) is 0 Å². The molecule has 0 radical (unpaired) electrons. The van der Waals surface area contributed by atoms with Crippen LogP contribution >= 0.6 is 11.6 Å². The van der Waals surface area contributed by atoms with Crippen molar-refractivity contribution in [2.45, 2.75) is 17.6 Å². The number of benzene rings is 1. The first-order valence-corrected chi connectivity index (χ1v) is 7.64. The number of nitrogens with two attached hydrogens (primary N) is 1. The summed E-state index contributed by atoms with van der Waals surface area (Å²) in [4.78, 5) is -0.178. The minimum absolute atomic E-state index is 0.00379. The van der Waals surface area contributed by atoms with E-state index in [1.165, 1.54) is 12.1 Å². The third-order valence-corrected chi connectivity index (χ3v) is 4.27. The second kappa shape index (κ2) is 7.41. The van der Waals surface area contributed by atoms with Crippen LogP contribution < -0.4 is 10.5 Å². The van der Waals surface area contributed by atoms with Crippen molar-refractivity contribution in [3.05, 3.63) is 28.8 Å². The summed E-state index contributed by atoms with van der Waals surface area (Å²) in [5.74, 6) is 0. The topological polar surface area (TPSA) is 81.4 Å². The molecule has 0 aliphatic heterocycles. The van der Waals surface area contributed by atoms with Crippen LogP contribution in [0.3, 0.4) is 0 Å². The molecule has 0 aliphatic carbocycles. The Morgan fingerprint density at radius 1 is 1.33 bits per heavy atom. The molecular formula is C11H14ClF3N2O3S. The summed E-state index contributed by atoms with van der Waals surface area (Å²) in [6.45, 7) is -2.01. The SMILES string of the molecule is NCc1ccc(Cl)c(S(=O)(=O)NCCOCC(F)(F)F)c1. The highest BCUT2D eigenvalue weighted by Crippen LogP contribution is 2.22. The predicted octanol–water partition coefficient (Wildman–Crippen LogP) is 1.66. The summed E-state index contributed by atoms with van der Waals surface area (Å²) < 4.78 is 65.8. The van der Waals surface area contributed by atoms with Crippen LogP contribution in [-0.4, -0.2) is 34.4 Å². The Balaban J connectivity index is 2.62. The third-order valence-electron chi connectivity index (χ3n) is 2.33. The number of rotatable bonds is 7. The fourth-order valence-electron chi connectivity index (χ4n) is 1.39. The van der Waals surface area contributed by atoms with E-state index >= 15 is 0 Å². The van der Waals surface area contributed by atoms with E-state index in [9.17, 15) is 21.6 Å². The number of ether oxygens (including phenoxy) is 1. The average Bonchev–Trinajstić information content (AvgIpc) is 2.37. The van der Waals surface area contributed by atoms with Crippen LogP contribution in [-0.2, 0) is 21.3 Å². The predicted molar refractivity (Wildman–Crippen MR) is 71.4 cm³/mol. The Bertz CT molecular complexity index is 579. The van der Waals surface area contributed by atoms with Gasteiger partial charge in [-0.2, -0.15) is 13.2 Å². The minimum atomic E-state index is -4.45. The molecule has 1 aromatic carbocycles. The summed E-state index contributed by atoms with van der Waals surface area (Å²) in [6, 6.07) is 4.27. The van der Waals surface area contributed by atoms with Gasteiger partial charge in [0.1, 0.15) is 11.5 Å². The molecule has 0 heterocycles. The molecule has 0 atom stereocenters. The maximum atomic E-state index is 12.0. The molecular weight excluding hydrogens is 333 g/mol. The molecule has 0 saturated heterocycles. The monoisotopic (exact) mass is 346 g/mol. The molecule has 0 bridgehead atoms. The summed E-state index contributed by atoms with van der Waals surface area (Å²) >= 11 is 5.80. The molecule has 21 heavy (non-hydrogen) atoms. The summed E-state index contributed by atoms with van der Waals surface area (Å²) in [5.41, 5.74) is 5.97. The number of sulfonamides is 1. The Kier molecular flexibility index (Phi) is 6.41. The van der Waals surface area contributed by atoms with E-state index in [-0.39, 0.29) is 23.0 Å². The first-order valence-electron chi connectivity index (χ1n) is 5.78. The molecule has 3 N–H and O–H groups in total. The Morgan fingerprint density at radius 2 is 2.00 bits per heavy atom. The number of halogens is 4. The Morgan fingerprint density at radius 3 is 2.57 bits per heavy atom. The van der Waals surface area contributed by atoms with Gasteiger partial charge >= 0.3 is 6.18 Å². The molecule has 120 valence electrons. The fraction of sp³-hybridized carbons (Fsp3) is 0.455. The van der Waals surface area contributed by atoms with Crippen molar-refractivity contribution >= 4 is 21.6 Å². The molecule has 1 rings (SSSR count). The quantitative estimate of drug-likeness (QED) is 0.736. The van der Waals surface area contributed by atoms with E-state index < -0.39 is 29.4 Å². The second-order valence-electron chi connectivity index (χ2n) is 4.03. The molecule has 0 spiro atoms. The lowest BCUT2D eigenvalue weighted by Crippen LogP contribution is -2.29. The lowest BCUT2D eigenvalue weighted by molar-refractivity contribution is -0.173. The van der Waals surface area contributed by atoms with Crippen LogP contribution in [0.2, 0.25) is 5.02 Å². The highest BCUT2D eigenvalue weighted by Gasteiger charge is 2.27. The summed E-state index contributed by atoms with van der Waals surface area (Å²) in [7, 11) is -3.94. The Labute approximate surface area is 125 Å². The van der Waals surface area contributed by atoms with Gasteiger partial charge in [-0.25, -0.2) is 13.1 Å². The van der Waals surface area contributed by atoms with Gasteiger partial charge in [0.25, 0.3) is 0 Å². The van der Waals surface area contributed by atoms with E-state index in [0.29, 0.717) is 5.56 Å². The average molecular weight is 347 g/mol. The number of hydrogen-bond acceptors (Lipinski definition) is 4. The first-order chi connectivity index (χ1) is 9.65. The summed E-state index contributed by atoms with van der Waals surface area (Å²) in [6.07, 6.45) is -4.45. The van der Waals surface area contributed by atoms with E-state index in [1.54, 1.807) is 6.07 Å². The van der Waals surface area contributed by atoms with Gasteiger partial charge in [-0.3, -0.25) is 0 Å². The number of hydrogen-bond donors (Lipinski definition) is 2. The van der Waals surface area contributed by atoms with Crippen molar-refractivity contribution in [2.75, 3.05) is 19.8 Å². The largest absolute Gasteiger partial charge is 0.411 e. The van der Waals surface area contributed by atoms with Gasteiger partial charge in [0.2, 0.25) is 10.0 Å². The molecule has 0 unspecified atom stereocenters. The highest BCUT2D eigenvalue weighted by atomic mass is 35.5. The van der Waals surface area contributed by atoms with E-state index in [0.717, 1.165) is 0 Å². The van der Waals surface area contributed by atoms with Crippen LogP contribution in [0.5, 0.6) is 0 Å². The molecule has 10 heteroatoms. The zero-order chi connectivity index (χ0) is 16.1. The molecule has 0 aliphatic rings. The van der Waals surface area contributed by atoms with Crippen molar-refractivity contribution in [3.8, 4) is 0 Å². The van der Waals surface area contributed by atoms with Gasteiger partial charge < -0.3 is 10.5 Å². The van der Waals surface area contributed by atoms with Gasteiger partial charge in [-0.1, -0.05) is 17.7 Å². The number of alkyl halides is 3. The van der Waals surface area contributed by atoms with Crippen molar-refractivity contribution in [1.29, 1.82) is 0 Å². The second-order valence-corrected chi connectivity index (χ2v) is 6.18. The highest BCUT2D eigenvalue weighted by molar-refractivity contribution is 7.89. The van der Waals surface area contributed by atoms with E-state index in [2.05, 4.69) is 9.46 Å². The number of nitrogens with one attached hydrogen (secondary N) is 1. The van der Waals surface area contributed by atoms with Crippen LogP contribution in [0.1, 0.15) is 5.56 Å².